The van der Waals surface area contributed by atoms with Crippen molar-refractivity contribution in [2.75, 3.05) is 33.3 Å². The van der Waals surface area contributed by atoms with Gasteiger partial charge in [-0.1, -0.05) is 19.3 Å². The first-order chi connectivity index (χ1) is 9.16. The van der Waals surface area contributed by atoms with E-state index in [-0.39, 0.29) is 12.6 Å². The Balaban J connectivity index is 1.99. The standard InChI is InChI=1S/C16H32N2O/c1-14(12-19)17-13-16(8-10-18(2)11-9-16)15-6-4-3-5-7-15/h14-15,17,19H,3-13H2,1-2H3/t14-/m0/s1. The maximum atomic E-state index is 9.23. The molecule has 2 N–H and O–H groups in total. The third kappa shape index (κ3) is 3.93. The second-order valence-corrected chi connectivity index (χ2v) is 6.97. The fraction of sp³-hybridized carbons (Fsp3) is 1.00. The van der Waals surface area contributed by atoms with E-state index in [1.165, 1.54) is 58.0 Å². The predicted octanol–water partition coefficient (Wildman–Crippen LogP) is 2.25. The van der Waals surface area contributed by atoms with Crippen molar-refractivity contribution in [1.29, 1.82) is 0 Å². The van der Waals surface area contributed by atoms with E-state index in [1.807, 2.05) is 0 Å². The molecule has 1 atom stereocenters. The molecule has 0 unspecified atom stereocenters. The summed E-state index contributed by atoms with van der Waals surface area (Å²) in [5.41, 5.74) is 0.496. The molecule has 0 radical (unpaired) electrons. The third-order valence-electron chi connectivity index (χ3n) is 5.53. The van der Waals surface area contributed by atoms with Crippen LogP contribution in [0.4, 0.5) is 0 Å². The zero-order chi connectivity index (χ0) is 13.7. The van der Waals surface area contributed by atoms with E-state index in [1.54, 1.807) is 0 Å². The second-order valence-electron chi connectivity index (χ2n) is 6.97. The van der Waals surface area contributed by atoms with E-state index in [0.717, 1.165) is 12.5 Å². The summed E-state index contributed by atoms with van der Waals surface area (Å²) in [6, 6.07) is 0.236. The lowest BCUT2D eigenvalue weighted by Crippen LogP contribution is -2.50. The molecule has 0 bridgehead atoms. The summed E-state index contributed by atoms with van der Waals surface area (Å²) < 4.78 is 0. The van der Waals surface area contributed by atoms with Crippen molar-refractivity contribution in [3.63, 3.8) is 0 Å². The minimum atomic E-state index is 0.236. The van der Waals surface area contributed by atoms with Crippen LogP contribution in [0.5, 0.6) is 0 Å². The lowest BCUT2D eigenvalue weighted by molar-refractivity contribution is 0.0340. The number of aliphatic hydroxyl groups is 1. The molecule has 2 rings (SSSR count). The van der Waals surface area contributed by atoms with Gasteiger partial charge in [0.1, 0.15) is 0 Å². The molecule has 3 nitrogen and oxygen atoms in total. The molecule has 1 aliphatic carbocycles. The monoisotopic (exact) mass is 268 g/mol. The number of hydrogen-bond acceptors (Lipinski definition) is 3. The average molecular weight is 268 g/mol. The van der Waals surface area contributed by atoms with E-state index in [4.69, 9.17) is 0 Å². The summed E-state index contributed by atoms with van der Waals surface area (Å²) in [5.74, 6) is 0.911. The molecule has 1 aliphatic heterocycles. The second kappa shape index (κ2) is 7.05. The Kier molecular flexibility index (Phi) is 5.67. The van der Waals surface area contributed by atoms with Gasteiger partial charge in [0.2, 0.25) is 0 Å². The van der Waals surface area contributed by atoms with Gasteiger partial charge in [0.15, 0.2) is 0 Å². The highest BCUT2D eigenvalue weighted by Gasteiger charge is 2.40. The van der Waals surface area contributed by atoms with Crippen molar-refractivity contribution in [2.45, 2.75) is 57.9 Å². The first kappa shape index (κ1) is 15.3. The zero-order valence-corrected chi connectivity index (χ0v) is 12.8. The molecule has 1 saturated carbocycles. The lowest BCUT2D eigenvalue weighted by atomic mass is 9.63. The van der Waals surface area contributed by atoms with E-state index in [0.29, 0.717) is 5.41 Å². The molecule has 19 heavy (non-hydrogen) atoms. The Bertz CT molecular complexity index is 255. The van der Waals surface area contributed by atoms with Gasteiger partial charge in [-0.2, -0.15) is 0 Å². The van der Waals surface area contributed by atoms with Crippen molar-refractivity contribution in [1.82, 2.24) is 10.2 Å². The van der Waals surface area contributed by atoms with E-state index in [9.17, 15) is 5.11 Å². The summed E-state index contributed by atoms with van der Waals surface area (Å²) in [5, 5.41) is 12.8. The van der Waals surface area contributed by atoms with Gasteiger partial charge in [-0.05, 0) is 64.1 Å². The van der Waals surface area contributed by atoms with Gasteiger partial charge in [0, 0.05) is 12.6 Å². The SMILES string of the molecule is C[C@@H](CO)NCC1(C2CCCCC2)CCN(C)CC1. The van der Waals surface area contributed by atoms with Gasteiger partial charge in [-0.3, -0.25) is 0 Å². The first-order valence-corrected chi connectivity index (χ1v) is 8.19. The van der Waals surface area contributed by atoms with Crippen LogP contribution in [-0.2, 0) is 0 Å². The van der Waals surface area contributed by atoms with E-state index < -0.39 is 0 Å². The van der Waals surface area contributed by atoms with Crippen LogP contribution in [0.3, 0.4) is 0 Å². The van der Waals surface area contributed by atoms with Crippen LogP contribution in [0.15, 0.2) is 0 Å². The summed E-state index contributed by atoms with van der Waals surface area (Å²) >= 11 is 0. The molecule has 0 aromatic heterocycles. The molecule has 0 amide bonds. The topological polar surface area (TPSA) is 35.5 Å². The van der Waals surface area contributed by atoms with Crippen LogP contribution in [0.25, 0.3) is 0 Å². The molecular formula is C16H32N2O. The normalized spacial score (nSPS) is 27.3. The van der Waals surface area contributed by atoms with Crippen molar-refractivity contribution in [3.05, 3.63) is 0 Å². The minimum absolute atomic E-state index is 0.236. The van der Waals surface area contributed by atoms with Gasteiger partial charge in [0.25, 0.3) is 0 Å². The fourth-order valence-electron chi connectivity index (χ4n) is 3.95. The van der Waals surface area contributed by atoms with Crippen LogP contribution in [0.2, 0.25) is 0 Å². The Morgan fingerprint density at radius 1 is 1.21 bits per heavy atom. The highest BCUT2D eigenvalue weighted by atomic mass is 16.3. The lowest BCUT2D eigenvalue weighted by Gasteiger charge is -2.48. The molecule has 1 heterocycles. The predicted molar refractivity (Wildman–Crippen MR) is 80.3 cm³/mol. The number of likely N-dealkylation sites (tertiary alicyclic amines) is 1. The number of rotatable bonds is 5. The highest BCUT2D eigenvalue weighted by Crippen LogP contribution is 2.45. The Labute approximate surface area is 118 Å². The maximum absolute atomic E-state index is 9.23. The van der Waals surface area contributed by atoms with Crippen molar-refractivity contribution >= 4 is 0 Å². The van der Waals surface area contributed by atoms with Crippen LogP contribution in [-0.4, -0.2) is 49.3 Å². The highest BCUT2D eigenvalue weighted by molar-refractivity contribution is 4.94. The largest absolute Gasteiger partial charge is 0.395 e. The Morgan fingerprint density at radius 2 is 1.84 bits per heavy atom. The zero-order valence-electron chi connectivity index (χ0n) is 12.8. The molecular weight excluding hydrogens is 236 g/mol. The summed E-state index contributed by atoms with van der Waals surface area (Å²) in [6.07, 6.45) is 9.82. The molecule has 112 valence electrons. The molecule has 0 aromatic rings. The molecule has 0 spiro atoms. The van der Waals surface area contributed by atoms with E-state index in [2.05, 4.69) is 24.2 Å². The number of piperidine rings is 1. The smallest absolute Gasteiger partial charge is 0.0581 e. The van der Waals surface area contributed by atoms with Crippen LogP contribution < -0.4 is 5.32 Å². The summed E-state index contributed by atoms with van der Waals surface area (Å²) in [7, 11) is 2.24. The summed E-state index contributed by atoms with van der Waals surface area (Å²) in [6.45, 7) is 5.93. The van der Waals surface area contributed by atoms with Gasteiger partial charge >= 0.3 is 0 Å². The summed E-state index contributed by atoms with van der Waals surface area (Å²) in [4.78, 5) is 2.47. The molecule has 2 fully saturated rings. The molecule has 1 saturated heterocycles. The van der Waals surface area contributed by atoms with Gasteiger partial charge < -0.3 is 15.3 Å². The number of hydrogen-bond donors (Lipinski definition) is 2. The van der Waals surface area contributed by atoms with Crippen molar-refractivity contribution in [3.8, 4) is 0 Å². The fourth-order valence-corrected chi connectivity index (χ4v) is 3.95. The number of nitrogens with zero attached hydrogens (tertiary/aromatic N) is 1. The number of nitrogens with one attached hydrogen (secondary N) is 1. The van der Waals surface area contributed by atoms with E-state index >= 15 is 0 Å². The Hall–Kier alpha value is -0.120. The van der Waals surface area contributed by atoms with Gasteiger partial charge in [-0.15, -0.1) is 0 Å². The van der Waals surface area contributed by atoms with Gasteiger partial charge in [-0.25, -0.2) is 0 Å². The molecule has 2 aliphatic rings. The quantitative estimate of drug-likeness (QED) is 0.803. The van der Waals surface area contributed by atoms with Gasteiger partial charge in [0.05, 0.1) is 6.61 Å². The van der Waals surface area contributed by atoms with Crippen molar-refractivity contribution < 1.29 is 5.11 Å². The maximum Gasteiger partial charge on any atom is 0.0581 e. The first-order valence-electron chi connectivity index (χ1n) is 8.19. The molecule has 3 heteroatoms. The Morgan fingerprint density at radius 3 is 2.42 bits per heavy atom. The minimum Gasteiger partial charge on any atom is -0.395 e. The average Bonchev–Trinajstić information content (AvgIpc) is 2.47. The third-order valence-corrected chi connectivity index (χ3v) is 5.53. The van der Waals surface area contributed by atoms with Crippen LogP contribution in [0.1, 0.15) is 51.9 Å². The van der Waals surface area contributed by atoms with Crippen LogP contribution >= 0.6 is 0 Å². The number of aliphatic hydroxyl groups excluding tert-OH is 1. The van der Waals surface area contributed by atoms with Crippen molar-refractivity contribution in [2.24, 2.45) is 11.3 Å². The molecule has 0 aromatic carbocycles. The van der Waals surface area contributed by atoms with Crippen LogP contribution in [0, 0.1) is 11.3 Å².